The van der Waals surface area contributed by atoms with Crippen LogP contribution in [0.5, 0.6) is 5.75 Å². The molecule has 2 aromatic carbocycles. The molecule has 0 radical (unpaired) electrons. The monoisotopic (exact) mass is 461 g/mol. The molecule has 1 N–H and O–H groups in total. The van der Waals surface area contributed by atoms with Crippen LogP contribution in [-0.4, -0.2) is 51.5 Å². The van der Waals surface area contributed by atoms with E-state index in [-0.39, 0.29) is 6.61 Å². The average molecular weight is 462 g/mol. The largest absolute Gasteiger partial charge is 0.482 e. The van der Waals surface area contributed by atoms with Gasteiger partial charge in [0.2, 0.25) is 10.0 Å². The van der Waals surface area contributed by atoms with Gasteiger partial charge >= 0.3 is 5.97 Å². The van der Waals surface area contributed by atoms with Crippen molar-refractivity contribution in [2.45, 2.75) is 26.4 Å². The fourth-order valence-electron chi connectivity index (χ4n) is 2.50. The van der Waals surface area contributed by atoms with Crippen molar-refractivity contribution in [3.05, 3.63) is 60.2 Å². The van der Waals surface area contributed by atoms with Crippen molar-refractivity contribution in [1.82, 2.24) is 5.43 Å². The van der Waals surface area contributed by atoms with Crippen molar-refractivity contribution in [3.63, 3.8) is 0 Å². The summed E-state index contributed by atoms with van der Waals surface area (Å²) in [5.74, 6) is -0.582. The lowest BCUT2D eigenvalue weighted by Crippen LogP contribution is -2.38. The van der Waals surface area contributed by atoms with Crippen LogP contribution in [0.1, 0.15) is 26.3 Å². The number of sulfonamides is 1. The standard InChI is InChI=1S/C22H27N3O6S/c1-22(2,3)31-21(27)16-30-19-12-10-17(11-13-19)14-23-24-20(26)15-25(32(4,28)29)18-8-6-5-7-9-18/h5-14H,15-16H2,1-4H3,(H,24,26)/b23-14-. The number of rotatable bonds is 9. The number of benzene rings is 2. The van der Waals surface area contributed by atoms with Crippen LogP contribution in [0.4, 0.5) is 5.69 Å². The highest BCUT2D eigenvalue weighted by Crippen LogP contribution is 2.16. The summed E-state index contributed by atoms with van der Waals surface area (Å²) in [6.07, 6.45) is 2.44. The number of nitrogens with zero attached hydrogens (tertiary/aromatic N) is 2. The maximum Gasteiger partial charge on any atom is 0.344 e. The fraction of sp³-hybridized carbons (Fsp3) is 0.318. The lowest BCUT2D eigenvalue weighted by molar-refractivity contribution is -0.157. The highest BCUT2D eigenvalue weighted by Gasteiger charge is 2.20. The molecule has 172 valence electrons. The Morgan fingerprint density at radius 1 is 1.06 bits per heavy atom. The van der Waals surface area contributed by atoms with Gasteiger partial charge in [0.05, 0.1) is 18.2 Å². The Hall–Kier alpha value is -3.40. The minimum Gasteiger partial charge on any atom is -0.482 e. The topological polar surface area (TPSA) is 114 Å². The van der Waals surface area contributed by atoms with Gasteiger partial charge in [-0.15, -0.1) is 0 Å². The average Bonchev–Trinajstić information content (AvgIpc) is 2.70. The molecule has 10 heteroatoms. The molecule has 0 unspecified atom stereocenters. The third kappa shape index (κ3) is 8.76. The summed E-state index contributed by atoms with van der Waals surface area (Å²) in [5.41, 5.74) is 2.78. The van der Waals surface area contributed by atoms with Crippen LogP contribution >= 0.6 is 0 Å². The molecule has 0 atom stereocenters. The Morgan fingerprint density at radius 2 is 1.69 bits per heavy atom. The van der Waals surface area contributed by atoms with E-state index >= 15 is 0 Å². The van der Waals surface area contributed by atoms with Gasteiger partial charge < -0.3 is 9.47 Å². The molecule has 0 saturated heterocycles. The van der Waals surface area contributed by atoms with Crippen LogP contribution in [-0.2, 0) is 24.3 Å². The third-order valence-corrected chi connectivity index (χ3v) is 4.93. The Bertz CT molecular complexity index is 1050. The first kappa shape index (κ1) is 24.9. The number of hydrazone groups is 1. The number of hydrogen-bond donors (Lipinski definition) is 1. The molecule has 0 aliphatic heterocycles. The highest BCUT2D eigenvalue weighted by molar-refractivity contribution is 7.92. The minimum atomic E-state index is -3.64. The van der Waals surface area contributed by atoms with Crippen LogP contribution in [0.3, 0.4) is 0 Å². The van der Waals surface area contributed by atoms with E-state index in [9.17, 15) is 18.0 Å². The Labute approximate surface area is 188 Å². The molecule has 32 heavy (non-hydrogen) atoms. The quantitative estimate of drug-likeness (QED) is 0.348. The van der Waals surface area contributed by atoms with Gasteiger partial charge in [0.25, 0.3) is 5.91 Å². The summed E-state index contributed by atoms with van der Waals surface area (Å²) >= 11 is 0. The number of amides is 1. The maximum absolute atomic E-state index is 12.2. The molecule has 9 nitrogen and oxygen atoms in total. The lowest BCUT2D eigenvalue weighted by atomic mass is 10.2. The minimum absolute atomic E-state index is 0.209. The van der Waals surface area contributed by atoms with Gasteiger partial charge in [0.1, 0.15) is 17.9 Å². The second kappa shape index (κ2) is 10.8. The number of para-hydroxylation sites is 1. The smallest absolute Gasteiger partial charge is 0.344 e. The number of nitrogens with one attached hydrogen (secondary N) is 1. The molecule has 0 aromatic heterocycles. The number of hydrogen-bond acceptors (Lipinski definition) is 7. The van der Waals surface area contributed by atoms with E-state index in [1.165, 1.54) is 6.21 Å². The zero-order valence-electron chi connectivity index (χ0n) is 18.4. The van der Waals surface area contributed by atoms with Crippen molar-refractivity contribution >= 4 is 33.8 Å². The van der Waals surface area contributed by atoms with Crippen molar-refractivity contribution in [2.24, 2.45) is 5.10 Å². The van der Waals surface area contributed by atoms with E-state index in [2.05, 4.69) is 10.5 Å². The summed E-state index contributed by atoms with van der Waals surface area (Å²) in [6.45, 7) is 4.71. The zero-order chi connectivity index (χ0) is 23.8. The number of esters is 1. The summed E-state index contributed by atoms with van der Waals surface area (Å²) in [7, 11) is -3.64. The molecule has 0 saturated carbocycles. The molecule has 0 bridgehead atoms. The Morgan fingerprint density at radius 3 is 2.25 bits per heavy atom. The number of carbonyl (C=O) groups excluding carboxylic acids is 2. The normalized spacial score (nSPS) is 11.8. The molecule has 0 fully saturated rings. The Balaban J connectivity index is 1.88. The molecule has 2 aromatic rings. The molecule has 2 rings (SSSR count). The first-order chi connectivity index (χ1) is 14.9. The van der Waals surface area contributed by atoms with Gasteiger partial charge in [-0.3, -0.25) is 9.10 Å². The number of ether oxygens (including phenoxy) is 2. The van der Waals surface area contributed by atoms with Crippen LogP contribution < -0.4 is 14.5 Å². The molecule has 0 aliphatic carbocycles. The first-order valence-corrected chi connectivity index (χ1v) is 11.6. The fourth-order valence-corrected chi connectivity index (χ4v) is 3.36. The Kier molecular flexibility index (Phi) is 8.36. The molecule has 0 heterocycles. The van der Waals surface area contributed by atoms with Gasteiger partial charge in [0, 0.05) is 0 Å². The molecule has 1 amide bonds. The predicted molar refractivity (Wildman–Crippen MR) is 122 cm³/mol. The molecular formula is C22H27N3O6S. The van der Waals surface area contributed by atoms with Crippen molar-refractivity contribution in [1.29, 1.82) is 0 Å². The van der Waals surface area contributed by atoms with Crippen LogP contribution in [0.2, 0.25) is 0 Å². The summed E-state index contributed by atoms with van der Waals surface area (Å²) in [5, 5.41) is 3.85. The predicted octanol–water partition coefficient (Wildman–Crippen LogP) is 2.32. The van der Waals surface area contributed by atoms with Crippen LogP contribution in [0, 0.1) is 0 Å². The SMILES string of the molecule is CC(C)(C)OC(=O)COc1ccc(/C=N\NC(=O)CN(c2ccccc2)S(C)(=O)=O)cc1. The highest BCUT2D eigenvalue weighted by atomic mass is 32.2. The van der Waals surface area contributed by atoms with Crippen LogP contribution in [0.15, 0.2) is 59.7 Å². The van der Waals surface area contributed by atoms with E-state index in [1.54, 1.807) is 75.4 Å². The van der Waals surface area contributed by atoms with Crippen LogP contribution in [0.25, 0.3) is 0 Å². The van der Waals surface area contributed by atoms with E-state index < -0.39 is 34.0 Å². The van der Waals surface area contributed by atoms with E-state index in [1.807, 2.05) is 0 Å². The number of anilines is 1. The van der Waals surface area contributed by atoms with E-state index in [0.717, 1.165) is 10.6 Å². The molecule has 0 aliphatic rings. The van der Waals surface area contributed by atoms with Gasteiger partial charge in [-0.1, -0.05) is 18.2 Å². The van der Waals surface area contributed by atoms with Crippen molar-refractivity contribution < 1.29 is 27.5 Å². The molecular weight excluding hydrogens is 434 g/mol. The van der Waals surface area contributed by atoms with Crippen molar-refractivity contribution in [3.8, 4) is 5.75 Å². The van der Waals surface area contributed by atoms with Gasteiger partial charge in [-0.25, -0.2) is 18.6 Å². The second-order valence-corrected chi connectivity index (χ2v) is 9.75. The van der Waals surface area contributed by atoms with Gasteiger partial charge in [-0.2, -0.15) is 5.10 Å². The first-order valence-electron chi connectivity index (χ1n) is 9.73. The number of carbonyl (C=O) groups is 2. The zero-order valence-corrected chi connectivity index (χ0v) is 19.3. The lowest BCUT2D eigenvalue weighted by Gasteiger charge is -2.21. The van der Waals surface area contributed by atoms with Gasteiger partial charge in [-0.05, 0) is 62.7 Å². The molecule has 0 spiro atoms. The maximum atomic E-state index is 12.2. The van der Waals surface area contributed by atoms with Gasteiger partial charge in [0.15, 0.2) is 6.61 Å². The summed E-state index contributed by atoms with van der Waals surface area (Å²) in [4.78, 5) is 23.9. The summed E-state index contributed by atoms with van der Waals surface area (Å²) < 4.78 is 35.6. The van der Waals surface area contributed by atoms with E-state index in [0.29, 0.717) is 17.0 Å². The third-order valence-electron chi connectivity index (χ3n) is 3.79. The van der Waals surface area contributed by atoms with Crippen molar-refractivity contribution in [2.75, 3.05) is 23.7 Å². The van der Waals surface area contributed by atoms with E-state index in [4.69, 9.17) is 9.47 Å². The second-order valence-electron chi connectivity index (χ2n) is 7.84. The summed E-state index contributed by atoms with van der Waals surface area (Å²) in [6, 6.07) is 15.0.